The van der Waals surface area contributed by atoms with E-state index in [-0.39, 0.29) is 5.91 Å². The largest absolute Gasteiger partial charge is 0.497 e. The number of benzene rings is 2. The molecule has 2 aromatic carbocycles. The lowest BCUT2D eigenvalue weighted by Crippen LogP contribution is -2.19. The third-order valence-corrected chi connectivity index (χ3v) is 6.14. The molecule has 3 aromatic rings. The topological polar surface area (TPSA) is 69.0 Å². The van der Waals surface area contributed by atoms with Crippen molar-refractivity contribution in [3.63, 3.8) is 0 Å². The van der Waals surface area contributed by atoms with E-state index in [4.69, 9.17) is 4.74 Å². The lowest BCUT2D eigenvalue weighted by Gasteiger charge is -2.17. The molecule has 1 N–H and O–H groups in total. The van der Waals surface area contributed by atoms with Gasteiger partial charge in [0.25, 0.3) is 0 Å². The van der Waals surface area contributed by atoms with Crippen molar-refractivity contribution in [3.05, 3.63) is 66.0 Å². The van der Waals surface area contributed by atoms with Crippen LogP contribution in [0.3, 0.4) is 0 Å². The molecule has 29 heavy (non-hydrogen) atoms. The highest BCUT2D eigenvalue weighted by Gasteiger charge is 2.32. The van der Waals surface area contributed by atoms with E-state index in [0.29, 0.717) is 17.4 Å². The first-order chi connectivity index (χ1) is 14.2. The van der Waals surface area contributed by atoms with Crippen LogP contribution in [-0.2, 0) is 11.3 Å². The van der Waals surface area contributed by atoms with Gasteiger partial charge < -0.3 is 14.6 Å². The standard InChI is InChI=1S/C22H24N4O2S/c1-3-26-20(16-12-13-16)24-25-22(26)29-19(15-8-5-4-6-9-15)21(27)23-17-10-7-11-18(14-17)28-2/h4-11,14,16,19H,3,12-13H2,1-2H3,(H,23,27). The van der Waals surface area contributed by atoms with Crippen molar-refractivity contribution >= 4 is 23.4 Å². The molecule has 1 atom stereocenters. The molecule has 0 saturated heterocycles. The van der Waals surface area contributed by atoms with Gasteiger partial charge in [0.2, 0.25) is 5.91 Å². The monoisotopic (exact) mass is 408 g/mol. The summed E-state index contributed by atoms with van der Waals surface area (Å²) in [5.74, 6) is 2.15. The first kappa shape index (κ1) is 19.5. The minimum Gasteiger partial charge on any atom is -0.497 e. The Kier molecular flexibility index (Phi) is 5.85. The van der Waals surface area contributed by atoms with Crippen LogP contribution in [0.25, 0.3) is 0 Å². The molecule has 1 aliphatic carbocycles. The molecule has 0 spiro atoms. The van der Waals surface area contributed by atoms with Crippen molar-refractivity contribution in [2.45, 2.75) is 42.6 Å². The lowest BCUT2D eigenvalue weighted by atomic mass is 10.1. The number of hydrogen-bond acceptors (Lipinski definition) is 5. The third kappa shape index (κ3) is 4.45. The number of thioether (sulfide) groups is 1. The summed E-state index contributed by atoms with van der Waals surface area (Å²) in [4.78, 5) is 13.2. The predicted octanol–water partition coefficient (Wildman–Crippen LogP) is 4.66. The van der Waals surface area contributed by atoms with Gasteiger partial charge in [0.15, 0.2) is 5.16 Å². The molecule has 7 heteroatoms. The van der Waals surface area contributed by atoms with Crippen molar-refractivity contribution in [3.8, 4) is 5.75 Å². The van der Waals surface area contributed by atoms with Gasteiger partial charge in [0, 0.05) is 24.2 Å². The van der Waals surface area contributed by atoms with E-state index < -0.39 is 5.25 Å². The summed E-state index contributed by atoms with van der Waals surface area (Å²) in [5, 5.41) is 12.2. The highest BCUT2D eigenvalue weighted by Crippen LogP contribution is 2.42. The maximum absolute atomic E-state index is 13.2. The zero-order valence-electron chi connectivity index (χ0n) is 16.5. The molecule has 0 aliphatic heterocycles. The van der Waals surface area contributed by atoms with Gasteiger partial charge >= 0.3 is 0 Å². The summed E-state index contributed by atoms with van der Waals surface area (Å²) >= 11 is 1.44. The van der Waals surface area contributed by atoms with Gasteiger partial charge in [-0.05, 0) is 37.5 Å². The van der Waals surface area contributed by atoms with Gasteiger partial charge in [0.1, 0.15) is 16.8 Å². The fourth-order valence-corrected chi connectivity index (χ4v) is 4.35. The Morgan fingerprint density at radius 2 is 2.00 bits per heavy atom. The average molecular weight is 409 g/mol. The van der Waals surface area contributed by atoms with Crippen molar-refractivity contribution < 1.29 is 9.53 Å². The third-order valence-electron chi connectivity index (χ3n) is 4.91. The molecule has 6 nitrogen and oxygen atoms in total. The van der Waals surface area contributed by atoms with E-state index in [0.717, 1.165) is 23.1 Å². The number of nitrogens with zero attached hydrogens (tertiary/aromatic N) is 3. The van der Waals surface area contributed by atoms with Gasteiger partial charge in [-0.2, -0.15) is 0 Å². The Balaban J connectivity index is 1.61. The summed E-state index contributed by atoms with van der Waals surface area (Å²) < 4.78 is 7.40. The van der Waals surface area contributed by atoms with Crippen LogP contribution in [0.15, 0.2) is 59.8 Å². The molecule has 1 fully saturated rings. The van der Waals surface area contributed by atoms with Gasteiger partial charge in [-0.15, -0.1) is 10.2 Å². The van der Waals surface area contributed by atoms with Crippen molar-refractivity contribution in [1.82, 2.24) is 14.8 Å². The second-order valence-corrected chi connectivity index (χ2v) is 8.06. The SMILES string of the molecule is CCn1c(SC(C(=O)Nc2cccc(OC)c2)c2ccccc2)nnc1C1CC1. The zero-order chi connectivity index (χ0) is 20.2. The van der Waals surface area contributed by atoms with E-state index in [1.807, 2.05) is 54.6 Å². The summed E-state index contributed by atoms with van der Waals surface area (Å²) in [7, 11) is 1.61. The quantitative estimate of drug-likeness (QED) is 0.549. The van der Waals surface area contributed by atoms with Gasteiger partial charge in [-0.25, -0.2) is 0 Å². The van der Waals surface area contributed by atoms with Crippen LogP contribution in [-0.4, -0.2) is 27.8 Å². The van der Waals surface area contributed by atoms with Crippen molar-refractivity contribution in [2.75, 3.05) is 12.4 Å². The van der Waals surface area contributed by atoms with E-state index in [1.165, 1.54) is 24.6 Å². The van der Waals surface area contributed by atoms with Crippen LogP contribution in [0.5, 0.6) is 5.75 Å². The smallest absolute Gasteiger partial charge is 0.242 e. The second-order valence-electron chi connectivity index (χ2n) is 6.99. The zero-order valence-corrected chi connectivity index (χ0v) is 17.4. The Morgan fingerprint density at radius 3 is 2.69 bits per heavy atom. The molecule has 1 aromatic heterocycles. The fraction of sp³-hybridized carbons (Fsp3) is 0.318. The minimum atomic E-state index is -0.441. The summed E-state index contributed by atoms with van der Waals surface area (Å²) in [6.07, 6.45) is 2.34. The normalized spacial score (nSPS) is 14.4. The van der Waals surface area contributed by atoms with E-state index in [9.17, 15) is 4.79 Å². The molecule has 1 aliphatic rings. The summed E-state index contributed by atoms with van der Waals surface area (Å²) in [6, 6.07) is 17.2. The molecule has 1 unspecified atom stereocenters. The number of carbonyl (C=O) groups is 1. The van der Waals surface area contributed by atoms with Gasteiger partial charge in [-0.1, -0.05) is 48.2 Å². The van der Waals surface area contributed by atoms with Crippen LogP contribution in [0, 0.1) is 0 Å². The highest BCUT2D eigenvalue weighted by molar-refractivity contribution is 8.00. The second kappa shape index (κ2) is 8.69. The number of hydrogen-bond donors (Lipinski definition) is 1. The average Bonchev–Trinajstić information content (AvgIpc) is 3.52. The summed E-state index contributed by atoms with van der Waals surface area (Å²) in [5.41, 5.74) is 1.63. The van der Waals surface area contributed by atoms with E-state index >= 15 is 0 Å². The molecular weight excluding hydrogens is 384 g/mol. The van der Waals surface area contributed by atoms with Gasteiger partial charge in [-0.3, -0.25) is 4.79 Å². The van der Waals surface area contributed by atoms with Crippen LogP contribution >= 0.6 is 11.8 Å². The van der Waals surface area contributed by atoms with Crippen molar-refractivity contribution in [2.24, 2.45) is 0 Å². The number of anilines is 1. The molecule has 1 saturated carbocycles. The Labute approximate surface area is 174 Å². The Bertz CT molecular complexity index is 985. The number of methoxy groups -OCH3 is 1. The molecule has 0 radical (unpaired) electrons. The van der Waals surface area contributed by atoms with Crippen LogP contribution in [0.1, 0.15) is 42.3 Å². The lowest BCUT2D eigenvalue weighted by molar-refractivity contribution is -0.115. The molecule has 0 bridgehead atoms. The van der Waals surface area contributed by atoms with Crippen molar-refractivity contribution in [1.29, 1.82) is 0 Å². The first-order valence-corrected chi connectivity index (χ1v) is 10.7. The predicted molar refractivity (Wildman–Crippen MR) is 114 cm³/mol. The molecule has 1 amide bonds. The maximum atomic E-state index is 13.2. The molecular formula is C22H24N4O2S. The van der Waals surface area contributed by atoms with Crippen LogP contribution in [0.4, 0.5) is 5.69 Å². The summed E-state index contributed by atoms with van der Waals surface area (Å²) in [6.45, 7) is 2.88. The van der Waals surface area contributed by atoms with E-state index in [2.05, 4.69) is 27.0 Å². The minimum absolute atomic E-state index is 0.104. The first-order valence-electron chi connectivity index (χ1n) is 9.79. The Hall–Kier alpha value is -2.80. The molecule has 4 rings (SSSR count). The highest BCUT2D eigenvalue weighted by atomic mass is 32.2. The van der Waals surface area contributed by atoms with Crippen LogP contribution < -0.4 is 10.1 Å². The fourth-order valence-electron chi connectivity index (χ4n) is 3.24. The number of nitrogens with one attached hydrogen (secondary N) is 1. The number of ether oxygens (including phenoxy) is 1. The van der Waals surface area contributed by atoms with E-state index in [1.54, 1.807) is 7.11 Å². The molecule has 1 heterocycles. The van der Waals surface area contributed by atoms with Crippen LogP contribution in [0.2, 0.25) is 0 Å². The number of aromatic nitrogens is 3. The number of amides is 1. The molecule has 150 valence electrons. The number of rotatable bonds is 8. The van der Waals surface area contributed by atoms with Gasteiger partial charge in [0.05, 0.1) is 7.11 Å². The Morgan fingerprint density at radius 1 is 1.21 bits per heavy atom. The number of carbonyl (C=O) groups excluding carboxylic acids is 1. The maximum Gasteiger partial charge on any atom is 0.242 e.